The SMILES string of the molecule is CCOc1cc(C(=O)O)ccc1-c1ccc(C[C@H](NC(=O)[C@H]2CC[C@H](CNC(=O)OC(C)(C)C)CC2)C(=O)Nc2ccc(-c3nn[nH]n3)cc2)cc1. The summed E-state index contributed by atoms with van der Waals surface area (Å²) in [6.07, 6.45) is 2.56. The van der Waals surface area contributed by atoms with Crippen molar-refractivity contribution in [2.75, 3.05) is 18.5 Å². The fraction of sp³-hybridized carbons (Fsp3) is 0.395. The van der Waals surface area contributed by atoms with E-state index in [1.165, 1.54) is 12.1 Å². The van der Waals surface area contributed by atoms with Crippen LogP contribution in [-0.2, 0) is 20.7 Å². The van der Waals surface area contributed by atoms with Crippen molar-refractivity contribution in [3.05, 3.63) is 77.9 Å². The van der Waals surface area contributed by atoms with Crippen LogP contribution >= 0.6 is 0 Å². The van der Waals surface area contributed by atoms with Gasteiger partial charge in [-0.2, -0.15) is 5.21 Å². The maximum absolute atomic E-state index is 13.8. The van der Waals surface area contributed by atoms with Crippen molar-refractivity contribution in [3.8, 4) is 28.3 Å². The fourth-order valence-electron chi connectivity index (χ4n) is 6.11. The predicted molar refractivity (Wildman–Crippen MR) is 194 cm³/mol. The summed E-state index contributed by atoms with van der Waals surface area (Å²) in [5.41, 5.74) is 3.18. The van der Waals surface area contributed by atoms with E-state index in [1.807, 2.05) is 52.0 Å². The minimum Gasteiger partial charge on any atom is -0.493 e. The first-order valence-electron chi connectivity index (χ1n) is 17.4. The summed E-state index contributed by atoms with van der Waals surface area (Å²) in [6, 6.07) is 18.4. The highest BCUT2D eigenvalue weighted by Gasteiger charge is 2.30. The van der Waals surface area contributed by atoms with E-state index in [0.29, 0.717) is 43.3 Å². The van der Waals surface area contributed by atoms with Gasteiger partial charge in [0.05, 0.1) is 12.2 Å². The van der Waals surface area contributed by atoms with Crippen LogP contribution in [-0.4, -0.2) is 74.4 Å². The van der Waals surface area contributed by atoms with E-state index in [9.17, 15) is 24.3 Å². The quantitative estimate of drug-likeness (QED) is 0.116. The van der Waals surface area contributed by atoms with Crippen molar-refractivity contribution in [1.29, 1.82) is 0 Å². The van der Waals surface area contributed by atoms with Gasteiger partial charge in [-0.1, -0.05) is 24.3 Å². The number of aromatic nitrogens is 4. The highest BCUT2D eigenvalue weighted by Crippen LogP contribution is 2.32. The van der Waals surface area contributed by atoms with Gasteiger partial charge in [-0.3, -0.25) is 9.59 Å². The third-order valence-corrected chi connectivity index (χ3v) is 8.77. The van der Waals surface area contributed by atoms with Crippen molar-refractivity contribution >= 4 is 29.6 Å². The van der Waals surface area contributed by atoms with Crippen molar-refractivity contribution in [3.63, 3.8) is 0 Å². The van der Waals surface area contributed by atoms with E-state index in [0.717, 1.165) is 35.1 Å². The number of anilines is 1. The minimum absolute atomic E-state index is 0.129. The number of carboxylic acids is 1. The number of carboxylic acid groups (broad SMARTS) is 1. The molecule has 3 aromatic carbocycles. The van der Waals surface area contributed by atoms with Gasteiger partial charge < -0.3 is 30.5 Å². The van der Waals surface area contributed by atoms with Gasteiger partial charge in [0.25, 0.3) is 0 Å². The first-order chi connectivity index (χ1) is 24.9. The Bertz CT molecular complexity index is 1830. The van der Waals surface area contributed by atoms with Crippen LogP contribution in [0.25, 0.3) is 22.5 Å². The summed E-state index contributed by atoms with van der Waals surface area (Å²) in [5, 5.41) is 32.2. The van der Waals surface area contributed by atoms with Gasteiger partial charge in [0.15, 0.2) is 0 Å². The molecule has 0 spiro atoms. The molecule has 5 rings (SSSR count). The number of alkyl carbamates (subject to hydrolysis) is 1. The van der Waals surface area contributed by atoms with Crippen LogP contribution in [0.2, 0.25) is 0 Å². The van der Waals surface area contributed by atoms with Gasteiger partial charge in [0.1, 0.15) is 17.4 Å². The van der Waals surface area contributed by atoms with E-state index in [-0.39, 0.29) is 35.6 Å². The fourth-order valence-corrected chi connectivity index (χ4v) is 6.11. The third-order valence-electron chi connectivity index (χ3n) is 8.77. The molecule has 14 heteroatoms. The number of hydrogen-bond donors (Lipinski definition) is 5. The number of H-pyrrole nitrogens is 1. The maximum atomic E-state index is 13.8. The van der Waals surface area contributed by atoms with E-state index in [2.05, 4.69) is 36.6 Å². The number of aromatic amines is 1. The molecule has 52 heavy (non-hydrogen) atoms. The van der Waals surface area contributed by atoms with Crippen LogP contribution < -0.4 is 20.7 Å². The second kappa shape index (κ2) is 16.9. The number of ether oxygens (including phenoxy) is 2. The van der Waals surface area contributed by atoms with Crippen LogP contribution in [0, 0.1) is 11.8 Å². The molecule has 0 unspecified atom stereocenters. The van der Waals surface area contributed by atoms with Crippen molar-refractivity contribution < 1.29 is 33.8 Å². The van der Waals surface area contributed by atoms with Crippen molar-refractivity contribution in [1.82, 2.24) is 31.3 Å². The molecule has 14 nitrogen and oxygen atoms in total. The average molecular weight is 712 g/mol. The van der Waals surface area contributed by atoms with Gasteiger partial charge in [-0.25, -0.2) is 9.59 Å². The molecule has 1 atom stereocenters. The van der Waals surface area contributed by atoms with Crippen LogP contribution in [0.3, 0.4) is 0 Å². The summed E-state index contributed by atoms with van der Waals surface area (Å²) in [7, 11) is 0. The number of nitrogens with one attached hydrogen (secondary N) is 4. The molecular formula is C38H45N7O7. The number of benzene rings is 3. The number of tetrazole rings is 1. The zero-order valence-electron chi connectivity index (χ0n) is 29.8. The van der Waals surface area contributed by atoms with Crippen molar-refractivity contribution in [2.24, 2.45) is 11.8 Å². The molecule has 0 bridgehead atoms. The molecule has 1 saturated carbocycles. The number of carbonyl (C=O) groups excluding carboxylic acids is 3. The molecule has 1 aromatic heterocycles. The highest BCUT2D eigenvalue weighted by atomic mass is 16.6. The summed E-state index contributed by atoms with van der Waals surface area (Å²) in [4.78, 5) is 51.0. The molecular weight excluding hydrogens is 666 g/mol. The summed E-state index contributed by atoms with van der Waals surface area (Å²) in [6.45, 7) is 8.12. The highest BCUT2D eigenvalue weighted by molar-refractivity contribution is 5.98. The first kappa shape index (κ1) is 37.5. The Balaban J connectivity index is 1.27. The largest absolute Gasteiger partial charge is 0.493 e. The van der Waals surface area contributed by atoms with Crippen LogP contribution in [0.1, 0.15) is 69.3 Å². The van der Waals surface area contributed by atoms with E-state index in [4.69, 9.17) is 9.47 Å². The van der Waals surface area contributed by atoms with E-state index in [1.54, 1.807) is 30.3 Å². The molecule has 1 aliphatic carbocycles. The van der Waals surface area contributed by atoms with Gasteiger partial charge in [-0.05, 0) is 118 Å². The number of amides is 3. The average Bonchev–Trinajstić information content (AvgIpc) is 3.66. The molecule has 1 aliphatic rings. The lowest BCUT2D eigenvalue weighted by Gasteiger charge is -2.29. The van der Waals surface area contributed by atoms with Gasteiger partial charge >= 0.3 is 12.1 Å². The molecule has 0 saturated heterocycles. The first-order valence-corrected chi connectivity index (χ1v) is 17.4. The Kier molecular flexibility index (Phi) is 12.2. The number of rotatable bonds is 13. The standard InChI is InChI=1S/C38H45N7O7/c1-5-51-32-21-28(36(48)49)16-19-30(32)25-10-6-23(7-11-25)20-31(35(47)40-29-17-14-26(15-18-29)33-42-44-45-43-33)41-34(46)27-12-8-24(9-13-27)22-39-37(50)52-38(2,3)4/h6-7,10-11,14-19,21,24,27,31H,5,8-9,12-13,20,22H2,1-4H3,(H,39,50)(H,40,47)(H,41,46)(H,48,49)(H,42,43,44,45)/t24-,27-,31-/m0/s1. The van der Waals surface area contributed by atoms with Crippen molar-refractivity contribution in [2.45, 2.75) is 71.4 Å². The van der Waals surface area contributed by atoms with Gasteiger partial charge in [0, 0.05) is 35.7 Å². The molecule has 4 aromatic rings. The summed E-state index contributed by atoms with van der Waals surface area (Å²) < 4.78 is 11.1. The monoisotopic (exact) mass is 711 g/mol. The lowest BCUT2D eigenvalue weighted by atomic mass is 9.81. The molecule has 1 heterocycles. The zero-order valence-corrected chi connectivity index (χ0v) is 29.8. The zero-order chi connectivity index (χ0) is 37.3. The Morgan fingerprint density at radius 2 is 1.63 bits per heavy atom. The minimum atomic E-state index is -1.04. The van der Waals surface area contributed by atoms with E-state index >= 15 is 0 Å². The summed E-state index contributed by atoms with van der Waals surface area (Å²) in [5.74, 6) is -0.761. The second-order valence-corrected chi connectivity index (χ2v) is 13.8. The number of nitrogens with zero attached hydrogens (tertiary/aromatic N) is 3. The van der Waals surface area contributed by atoms with E-state index < -0.39 is 23.7 Å². The van der Waals surface area contributed by atoms with Gasteiger partial charge in [-0.15, -0.1) is 10.2 Å². The molecule has 3 amide bonds. The predicted octanol–water partition coefficient (Wildman–Crippen LogP) is 5.63. The van der Waals surface area contributed by atoms with Crippen LogP contribution in [0.4, 0.5) is 10.5 Å². The molecule has 5 N–H and O–H groups in total. The molecule has 0 radical (unpaired) electrons. The third kappa shape index (κ3) is 10.4. The van der Waals surface area contributed by atoms with Gasteiger partial charge in [0.2, 0.25) is 17.6 Å². The number of aromatic carboxylic acids is 1. The Hall–Kier alpha value is -5.79. The normalized spacial score (nSPS) is 16.3. The topological polar surface area (TPSA) is 198 Å². The molecule has 274 valence electrons. The molecule has 0 aliphatic heterocycles. The Labute approximate surface area is 302 Å². The van der Waals surface area contributed by atoms with Crippen LogP contribution in [0.15, 0.2) is 66.7 Å². The lowest BCUT2D eigenvalue weighted by molar-refractivity contribution is -0.130. The Morgan fingerprint density at radius 3 is 2.25 bits per heavy atom. The lowest BCUT2D eigenvalue weighted by Crippen LogP contribution is -2.48. The second-order valence-electron chi connectivity index (χ2n) is 13.8. The smallest absolute Gasteiger partial charge is 0.407 e. The number of carbonyl (C=O) groups is 4. The summed E-state index contributed by atoms with van der Waals surface area (Å²) >= 11 is 0. The van der Waals surface area contributed by atoms with Crippen LogP contribution in [0.5, 0.6) is 5.75 Å². The maximum Gasteiger partial charge on any atom is 0.407 e. The Morgan fingerprint density at radius 1 is 0.942 bits per heavy atom. The molecule has 1 fully saturated rings. The number of hydrogen-bond acceptors (Lipinski definition) is 9.